The zero-order valence-electron chi connectivity index (χ0n) is 14.5. The number of aryl methyl sites for hydroxylation is 2. The van der Waals surface area contributed by atoms with Crippen molar-refractivity contribution in [1.82, 2.24) is 0 Å². The first-order valence-corrected chi connectivity index (χ1v) is 7.92. The van der Waals surface area contributed by atoms with Gasteiger partial charge in [-0.3, -0.25) is 0 Å². The van der Waals surface area contributed by atoms with Crippen LogP contribution in [0.3, 0.4) is 0 Å². The summed E-state index contributed by atoms with van der Waals surface area (Å²) in [5.41, 5.74) is 7.62. The van der Waals surface area contributed by atoms with Crippen molar-refractivity contribution in [2.24, 2.45) is 0 Å². The Kier molecular flexibility index (Phi) is 5.12. The maximum Gasteiger partial charge on any atom is 0.127 e. The molecule has 2 heteroatoms. The lowest BCUT2D eigenvalue weighted by molar-refractivity contribution is 0.409. The van der Waals surface area contributed by atoms with Crippen LogP contribution in [0.5, 0.6) is 11.5 Å². The molecule has 0 saturated heterocycles. The molecule has 2 nitrogen and oxygen atoms in total. The van der Waals surface area contributed by atoms with E-state index in [4.69, 9.17) is 9.47 Å². The smallest absolute Gasteiger partial charge is 0.127 e. The monoisotopic (exact) mass is 298 g/mol. The summed E-state index contributed by atoms with van der Waals surface area (Å²) in [6.07, 6.45) is 1.94. The van der Waals surface area contributed by atoms with E-state index in [-0.39, 0.29) is 0 Å². The predicted octanol–water partition coefficient (Wildman–Crippen LogP) is 5.11. The van der Waals surface area contributed by atoms with Crippen LogP contribution in [0.4, 0.5) is 0 Å². The van der Waals surface area contributed by atoms with Crippen molar-refractivity contribution in [3.63, 3.8) is 0 Å². The highest BCUT2D eigenvalue weighted by molar-refractivity contribution is 5.83. The molecule has 0 heterocycles. The molecule has 2 rings (SSSR count). The molecular weight excluding hydrogens is 272 g/mol. The SMILES string of the molecule is CCc1c(C)ccc(OC)c1-c1c(OC)ccc(C)c1CC. The van der Waals surface area contributed by atoms with Crippen molar-refractivity contribution >= 4 is 0 Å². The second-order valence-corrected chi connectivity index (χ2v) is 5.58. The van der Waals surface area contributed by atoms with Crippen LogP contribution in [-0.2, 0) is 12.8 Å². The van der Waals surface area contributed by atoms with Gasteiger partial charge in [0.1, 0.15) is 11.5 Å². The van der Waals surface area contributed by atoms with Gasteiger partial charge in [0.2, 0.25) is 0 Å². The third kappa shape index (κ3) is 2.70. The lowest BCUT2D eigenvalue weighted by Crippen LogP contribution is -2.02. The summed E-state index contributed by atoms with van der Waals surface area (Å²) in [7, 11) is 3.48. The number of rotatable bonds is 5. The van der Waals surface area contributed by atoms with Gasteiger partial charge in [-0.25, -0.2) is 0 Å². The van der Waals surface area contributed by atoms with Gasteiger partial charge in [0, 0.05) is 11.1 Å². The van der Waals surface area contributed by atoms with E-state index < -0.39 is 0 Å². The van der Waals surface area contributed by atoms with E-state index in [1.807, 2.05) is 0 Å². The first-order valence-electron chi connectivity index (χ1n) is 7.92. The van der Waals surface area contributed by atoms with Gasteiger partial charge in [-0.1, -0.05) is 26.0 Å². The number of hydrogen-bond acceptors (Lipinski definition) is 2. The summed E-state index contributed by atoms with van der Waals surface area (Å²) < 4.78 is 11.4. The number of benzene rings is 2. The fourth-order valence-corrected chi connectivity index (χ4v) is 3.26. The Morgan fingerprint density at radius 2 is 1.05 bits per heavy atom. The fourth-order valence-electron chi connectivity index (χ4n) is 3.26. The van der Waals surface area contributed by atoms with Gasteiger partial charge < -0.3 is 9.47 Å². The topological polar surface area (TPSA) is 18.5 Å². The van der Waals surface area contributed by atoms with Gasteiger partial charge in [0.05, 0.1) is 14.2 Å². The molecule has 0 aliphatic rings. The van der Waals surface area contributed by atoms with Crippen molar-refractivity contribution in [3.05, 3.63) is 46.5 Å². The highest BCUT2D eigenvalue weighted by atomic mass is 16.5. The zero-order chi connectivity index (χ0) is 16.3. The molecule has 2 aromatic rings. The van der Waals surface area contributed by atoms with Crippen LogP contribution >= 0.6 is 0 Å². The molecule has 0 radical (unpaired) electrons. The summed E-state index contributed by atoms with van der Waals surface area (Å²) >= 11 is 0. The predicted molar refractivity (Wildman–Crippen MR) is 93.2 cm³/mol. The average Bonchev–Trinajstić information content (AvgIpc) is 2.54. The molecular formula is C20H26O2. The molecule has 0 unspecified atom stereocenters. The Morgan fingerprint density at radius 1 is 0.682 bits per heavy atom. The third-order valence-electron chi connectivity index (χ3n) is 4.41. The molecule has 2 aromatic carbocycles. The van der Waals surface area contributed by atoms with E-state index in [0.717, 1.165) is 24.3 Å². The second kappa shape index (κ2) is 6.87. The molecule has 118 valence electrons. The van der Waals surface area contributed by atoms with Crippen molar-refractivity contribution in [2.45, 2.75) is 40.5 Å². The number of ether oxygens (including phenoxy) is 2. The Morgan fingerprint density at radius 3 is 1.32 bits per heavy atom. The fraction of sp³-hybridized carbons (Fsp3) is 0.400. The van der Waals surface area contributed by atoms with Gasteiger partial charge in [0.15, 0.2) is 0 Å². The molecule has 0 aromatic heterocycles. The first kappa shape index (κ1) is 16.4. The summed E-state index contributed by atoms with van der Waals surface area (Å²) in [5, 5.41) is 0. The van der Waals surface area contributed by atoms with Gasteiger partial charge in [-0.05, 0) is 61.1 Å². The van der Waals surface area contributed by atoms with Gasteiger partial charge >= 0.3 is 0 Å². The minimum absolute atomic E-state index is 0.918. The van der Waals surface area contributed by atoms with E-state index in [9.17, 15) is 0 Å². The van der Waals surface area contributed by atoms with Crippen molar-refractivity contribution in [2.75, 3.05) is 14.2 Å². The van der Waals surface area contributed by atoms with Gasteiger partial charge in [-0.2, -0.15) is 0 Å². The summed E-state index contributed by atoms with van der Waals surface area (Å²) in [4.78, 5) is 0. The van der Waals surface area contributed by atoms with Gasteiger partial charge in [0.25, 0.3) is 0 Å². The normalized spacial score (nSPS) is 10.6. The Hall–Kier alpha value is -1.96. The standard InChI is InChI=1S/C20H26O2/c1-7-15-13(3)9-11-17(21-5)19(15)20-16(8-2)14(4)10-12-18(20)22-6/h9-12H,7-8H2,1-6H3. The summed E-state index contributed by atoms with van der Waals surface area (Å²) in [5.74, 6) is 1.84. The Bertz CT molecular complexity index is 612. The largest absolute Gasteiger partial charge is 0.496 e. The molecule has 0 saturated carbocycles. The molecule has 0 N–H and O–H groups in total. The zero-order valence-corrected chi connectivity index (χ0v) is 14.5. The third-order valence-corrected chi connectivity index (χ3v) is 4.41. The van der Waals surface area contributed by atoms with Crippen molar-refractivity contribution < 1.29 is 9.47 Å². The van der Waals surface area contributed by atoms with Crippen LogP contribution in [0.25, 0.3) is 11.1 Å². The summed E-state index contributed by atoms with van der Waals surface area (Å²) in [6, 6.07) is 8.39. The van der Waals surface area contributed by atoms with Crippen LogP contribution in [0, 0.1) is 13.8 Å². The lowest BCUT2D eigenvalue weighted by Gasteiger charge is -2.21. The minimum atomic E-state index is 0.918. The Labute approximate surface area is 134 Å². The van der Waals surface area contributed by atoms with Crippen LogP contribution in [0.1, 0.15) is 36.1 Å². The molecule has 0 aliphatic carbocycles. The van der Waals surface area contributed by atoms with Crippen molar-refractivity contribution in [1.29, 1.82) is 0 Å². The number of methoxy groups -OCH3 is 2. The first-order chi connectivity index (χ1) is 10.6. The molecule has 0 fully saturated rings. The molecule has 0 bridgehead atoms. The summed E-state index contributed by atoms with van der Waals surface area (Å²) in [6.45, 7) is 8.71. The molecule has 0 atom stereocenters. The lowest BCUT2D eigenvalue weighted by atomic mass is 9.87. The quantitative estimate of drug-likeness (QED) is 0.763. The van der Waals surface area contributed by atoms with Crippen molar-refractivity contribution in [3.8, 4) is 22.6 Å². The molecule has 0 aliphatic heterocycles. The maximum atomic E-state index is 5.68. The van der Waals surface area contributed by atoms with Crippen LogP contribution in [-0.4, -0.2) is 14.2 Å². The van der Waals surface area contributed by atoms with E-state index in [1.54, 1.807) is 14.2 Å². The van der Waals surface area contributed by atoms with E-state index in [1.165, 1.54) is 33.4 Å². The minimum Gasteiger partial charge on any atom is -0.496 e. The highest BCUT2D eigenvalue weighted by Crippen LogP contribution is 2.43. The maximum absolute atomic E-state index is 5.68. The second-order valence-electron chi connectivity index (χ2n) is 5.58. The average molecular weight is 298 g/mol. The molecule has 22 heavy (non-hydrogen) atoms. The molecule has 0 spiro atoms. The highest BCUT2D eigenvalue weighted by Gasteiger charge is 2.20. The molecule has 0 amide bonds. The Balaban J connectivity index is 2.92. The van der Waals surface area contributed by atoms with E-state index in [0.29, 0.717) is 0 Å². The number of hydrogen-bond donors (Lipinski definition) is 0. The van der Waals surface area contributed by atoms with Crippen LogP contribution < -0.4 is 9.47 Å². The van der Waals surface area contributed by atoms with Crippen LogP contribution in [0.15, 0.2) is 24.3 Å². The van der Waals surface area contributed by atoms with E-state index >= 15 is 0 Å². The van der Waals surface area contributed by atoms with Gasteiger partial charge in [-0.15, -0.1) is 0 Å². The van der Waals surface area contributed by atoms with Crippen LogP contribution in [0.2, 0.25) is 0 Å². The van der Waals surface area contributed by atoms with E-state index in [2.05, 4.69) is 52.0 Å².